The van der Waals surface area contributed by atoms with Crippen LogP contribution in [0.4, 0.5) is 0 Å². The summed E-state index contributed by atoms with van der Waals surface area (Å²) in [5.41, 5.74) is 1.40. The highest BCUT2D eigenvalue weighted by atomic mass is 16.5. The number of rotatable bonds is 3. The Bertz CT molecular complexity index is 420. The van der Waals surface area contributed by atoms with Crippen LogP contribution in [0, 0.1) is 6.92 Å². The molecule has 0 aliphatic carbocycles. The van der Waals surface area contributed by atoms with Crippen LogP contribution in [0.1, 0.15) is 41.6 Å². The summed E-state index contributed by atoms with van der Waals surface area (Å²) >= 11 is 0. The van der Waals surface area contributed by atoms with E-state index in [-0.39, 0.29) is 12.0 Å². The summed E-state index contributed by atoms with van der Waals surface area (Å²) in [5, 5.41) is 3.93. The van der Waals surface area contributed by atoms with E-state index in [0.29, 0.717) is 17.7 Å². The Kier molecular flexibility index (Phi) is 4.01. The third kappa shape index (κ3) is 2.41. The number of aromatic nitrogens is 1. The SMILES string of the molecule is CCc1noc(C)c1C(=O)N1CCC(OC)CC1. The second-order valence-electron chi connectivity index (χ2n) is 4.64. The maximum atomic E-state index is 12.4. The van der Waals surface area contributed by atoms with Gasteiger partial charge in [-0.25, -0.2) is 0 Å². The number of hydrogen-bond donors (Lipinski definition) is 0. The standard InChI is InChI=1S/C13H20N2O3/c1-4-11-12(9(2)18-14-11)13(16)15-7-5-10(17-3)6-8-15/h10H,4-8H2,1-3H3. The molecule has 0 aromatic carbocycles. The number of aryl methyl sites for hydroxylation is 2. The smallest absolute Gasteiger partial charge is 0.259 e. The highest BCUT2D eigenvalue weighted by Crippen LogP contribution is 2.20. The number of methoxy groups -OCH3 is 1. The molecule has 1 aromatic heterocycles. The molecule has 0 bridgehead atoms. The number of piperidine rings is 1. The van der Waals surface area contributed by atoms with Crippen molar-refractivity contribution in [2.24, 2.45) is 0 Å². The van der Waals surface area contributed by atoms with E-state index in [1.54, 1.807) is 14.0 Å². The van der Waals surface area contributed by atoms with E-state index in [0.717, 1.165) is 31.6 Å². The topological polar surface area (TPSA) is 55.6 Å². The van der Waals surface area contributed by atoms with Crippen LogP contribution >= 0.6 is 0 Å². The van der Waals surface area contributed by atoms with Gasteiger partial charge in [-0.3, -0.25) is 4.79 Å². The first-order valence-electron chi connectivity index (χ1n) is 6.44. The van der Waals surface area contributed by atoms with Gasteiger partial charge in [-0.05, 0) is 26.2 Å². The lowest BCUT2D eigenvalue weighted by Gasteiger charge is -2.31. The lowest BCUT2D eigenvalue weighted by Crippen LogP contribution is -2.41. The number of amides is 1. The van der Waals surface area contributed by atoms with Gasteiger partial charge in [0.25, 0.3) is 5.91 Å². The van der Waals surface area contributed by atoms with E-state index < -0.39 is 0 Å². The van der Waals surface area contributed by atoms with Crippen LogP contribution in [0.2, 0.25) is 0 Å². The molecule has 1 fully saturated rings. The molecule has 0 radical (unpaired) electrons. The van der Waals surface area contributed by atoms with Crippen molar-refractivity contribution in [3.05, 3.63) is 17.0 Å². The monoisotopic (exact) mass is 252 g/mol. The third-order valence-electron chi connectivity index (χ3n) is 3.54. The van der Waals surface area contributed by atoms with Crippen molar-refractivity contribution < 1.29 is 14.1 Å². The van der Waals surface area contributed by atoms with Crippen LogP contribution in [0.15, 0.2) is 4.52 Å². The van der Waals surface area contributed by atoms with E-state index >= 15 is 0 Å². The molecule has 2 heterocycles. The normalized spacial score (nSPS) is 17.2. The van der Waals surface area contributed by atoms with Crippen LogP contribution in [0.5, 0.6) is 0 Å². The Morgan fingerprint density at radius 1 is 1.50 bits per heavy atom. The molecular weight excluding hydrogens is 232 g/mol. The highest BCUT2D eigenvalue weighted by molar-refractivity contribution is 5.96. The minimum Gasteiger partial charge on any atom is -0.381 e. The molecular formula is C13H20N2O3. The number of carbonyl (C=O) groups is 1. The lowest BCUT2D eigenvalue weighted by atomic mass is 10.1. The summed E-state index contributed by atoms with van der Waals surface area (Å²) in [6, 6.07) is 0. The predicted octanol–water partition coefficient (Wildman–Crippen LogP) is 1.80. The molecule has 1 amide bonds. The molecule has 100 valence electrons. The second kappa shape index (κ2) is 5.52. The van der Waals surface area contributed by atoms with Crippen LogP contribution < -0.4 is 0 Å². The molecule has 1 saturated heterocycles. The van der Waals surface area contributed by atoms with Gasteiger partial charge in [-0.1, -0.05) is 12.1 Å². The Balaban J connectivity index is 2.10. The van der Waals surface area contributed by atoms with Gasteiger partial charge in [0.15, 0.2) is 0 Å². The van der Waals surface area contributed by atoms with Gasteiger partial charge >= 0.3 is 0 Å². The molecule has 0 atom stereocenters. The average Bonchev–Trinajstić information content (AvgIpc) is 2.79. The minimum absolute atomic E-state index is 0.0418. The Morgan fingerprint density at radius 3 is 2.72 bits per heavy atom. The second-order valence-corrected chi connectivity index (χ2v) is 4.64. The zero-order valence-corrected chi connectivity index (χ0v) is 11.2. The van der Waals surface area contributed by atoms with Gasteiger partial charge in [0.05, 0.1) is 11.8 Å². The van der Waals surface area contributed by atoms with E-state index in [1.165, 1.54) is 0 Å². The predicted molar refractivity (Wildman–Crippen MR) is 66.6 cm³/mol. The summed E-state index contributed by atoms with van der Waals surface area (Å²) in [7, 11) is 1.72. The van der Waals surface area contributed by atoms with Crippen LogP contribution in [-0.2, 0) is 11.2 Å². The molecule has 2 rings (SSSR count). The van der Waals surface area contributed by atoms with E-state index in [4.69, 9.17) is 9.26 Å². The molecule has 18 heavy (non-hydrogen) atoms. The molecule has 0 N–H and O–H groups in total. The molecule has 1 aliphatic rings. The van der Waals surface area contributed by atoms with Crippen LogP contribution in [-0.4, -0.2) is 42.3 Å². The summed E-state index contributed by atoms with van der Waals surface area (Å²) in [6.45, 7) is 5.25. The summed E-state index contributed by atoms with van der Waals surface area (Å²) in [4.78, 5) is 14.3. The van der Waals surface area contributed by atoms with E-state index in [2.05, 4.69) is 5.16 Å². The first-order valence-corrected chi connectivity index (χ1v) is 6.44. The van der Waals surface area contributed by atoms with Crippen molar-refractivity contribution in [2.45, 2.75) is 39.2 Å². The van der Waals surface area contributed by atoms with Crippen molar-refractivity contribution in [1.82, 2.24) is 10.1 Å². The van der Waals surface area contributed by atoms with Gasteiger partial charge in [-0.15, -0.1) is 0 Å². The summed E-state index contributed by atoms with van der Waals surface area (Å²) < 4.78 is 10.4. The average molecular weight is 252 g/mol. The molecule has 1 aromatic rings. The quantitative estimate of drug-likeness (QED) is 0.823. The zero-order chi connectivity index (χ0) is 13.1. The van der Waals surface area contributed by atoms with Gasteiger partial charge in [-0.2, -0.15) is 0 Å². The first kappa shape index (κ1) is 13.1. The van der Waals surface area contributed by atoms with E-state index in [1.807, 2.05) is 11.8 Å². The molecule has 0 unspecified atom stereocenters. The fourth-order valence-corrected chi connectivity index (χ4v) is 2.39. The largest absolute Gasteiger partial charge is 0.381 e. The van der Waals surface area contributed by atoms with Crippen molar-refractivity contribution >= 4 is 5.91 Å². The number of nitrogens with zero attached hydrogens (tertiary/aromatic N) is 2. The maximum Gasteiger partial charge on any atom is 0.259 e. The van der Waals surface area contributed by atoms with Gasteiger partial charge in [0, 0.05) is 20.2 Å². The first-order chi connectivity index (χ1) is 8.67. The molecule has 1 aliphatic heterocycles. The summed E-state index contributed by atoms with van der Waals surface area (Å²) in [5.74, 6) is 0.658. The molecule has 5 nitrogen and oxygen atoms in total. The highest BCUT2D eigenvalue weighted by Gasteiger charge is 2.27. The minimum atomic E-state index is 0.0418. The number of carbonyl (C=O) groups excluding carboxylic acids is 1. The maximum absolute atomic E-state index is 12.4. The number of ether oxygens (including phenoxy) is 1. The van der Waals surface area contributed by atoms with Gasteiger partial charge in [0.1, 0.15) is 11.3 Å². The van der Waals surface area contributed by atoms with Crippen LogP contribution in [0.3, 0.4) is 0 Å². The zero-order valence-electron chi connectivity index (χ0n) is 11.2. The fraction of sp³-hybridized carbons (Fsp3) is 0.692. The van der Waals surface area contributed by atoms with Gasteiger partial charge < -0.3 is 14.2 Å². The number of likely N-dealkylation sites (tertiary alicyclic amines) is 1. The van der Waals surface area contributed by atoms with E-state index in [9.17, 15) is 4.79 Å². The third-order valence-corrected chi connectivity index (χ3v) is 3.54. The van der Waals surface area contributed by atoms with Crippen LogP contribution in [0.25, 0.3) is 0 Å². The van der Waals surface area contributed by atoms with Crippen molar-refractivity contribution in [3.8, 4) is 0 Å². The van der Waals surface area contributed by atoms with Crippen molar-refractivity contribution in [1.29, 1.82) is 0 Å². The Labute approximate surface area is 107 Å². The fourth-order valence-electron chi connectivity index (χ4n) is 2.39. The van der Waals surface area contributed by atoms with Crippen molar-refractivity contribution in [2.75, 3.05) is 20.2 Å². The summed E-state index contributed by atoms with van der Waals surface area (Å²) in [6.07, 6.45) is 2.79. The molecule has 0 spiro atoms. The Hall–Kier alpha value is -1.36. The van der Waals surface area contributed by atoms with Gasteiger partial charge in [0.2, 0.25) is 0 Å². The van der Waals surface area contributed by atoms with Crippen molar-refractivity contribution in [3.63, 3.8) is 0 Å². The Morgan fingerprint density at radius 2 is 2.17 bits per heavy atom. The lowest BCUT2D eigenvalue weighted by molar-refractivity contribution is 0.0349. The molecule has 0 saturated carbocycles. The molecule has 5 heteroatoms. The number of hydrogen-bond acceptors (Lipinski definition) is 4.